The van der Waals surface area contributed by atoms with Crippen LogP contribution in [0.1, 0.15) is 433 Å². The van der Waals surface area contributed by atoms with Gasteiger partial charge in [0.25, 0.3) is 0 Å². The second kappa shape index (κ2) is 73.9. The lowest BCUT2D eigenvalue weighted by Gasteiger charge is -2.21. The molecule has 0 aliphatic heterocycles. The van der Waals surface area contributed by atoms with Crippen LogP contribution in [0.3, 0.4) is 0 Å². The van der Waals surface area contributed by atoms with E-state index in [4.69, 9.17) is 37.0 Å². The predicted octanol–water partition coefficient (Wildman–Crippen LogP) is 24.4. The van der Waals surface area contributed by atoms with Gasteiger partial charge in [-0.05, 0) is 31.6 Å². The van der Waals surface area contributed by atoms with Crippen LogP contribution < -0.4 is 0 Å². The van der Waals surface area contributed by atoms with Gasteiger partial charge in [0.2, 0.25) is 0 Å². The van der Waals surface area contributed by atoms with Crippen molar-refractivity contribution in [2.75, 3.05) is 39.6 Å². The van der Waals surface area contributed by atoms with E-state index in [2.05, 4.69) is 34.6 Å². The molecule has 100 heavy (non-hydrogen) atoms. The number of phosphoric acid groups is 2. The van der Waals surface area contributed by atoms with E-state index in [1.165, 1.54) is 257 Å². The summed E-state index contributed by atoms with van der Waals surface area (Å²) < 4.78 is 68.8. The van der Waals surface area contributed by atoms with Crippen molar-refractivity contribution in [2.24, 2.45) is 5.92 Å². The van der Waals surface area contributed by atoms with Crippen LogP contribution in [0.5, 0.6) is 0 Å². The van der Waals surface area contributed by atoms with Gasteiger partial charge in [0, 0.05) is 25.7 Å². The first-order valence-corrected chi connectivity index (χ1v) is 45.1. The average Bonchev–Trinajstić information content (AvgIpc) is 1.02. The number of ether oxygens (including phenoxy) is 4. The SMILES string of the molecule is CCCCCCCCCCCCCCCCCCCC(=O)OC[C@H](COP(=O)(O)OC[C@@H](O)COP(=O)(O)OC[C@@H](COC(=O)CCCCCCCCCCCCCC)OC(=O)CCCCCCCCCCCCCC(C)C)OC(=O)CCCCCCCCCCCCCCCCCCC. The highest BCUT2D eigenvalue weighted by atomic mass is 31.2. The summed E-state index contributed by atoms with van der Waals surface area (Å²) in [5.41, 5.74) is 0. The van der Waals surface area contributed by atoms with Crippen LogP contribution in [-0.4, -0.2) is 96.7 Å². The highest BCUT2D eigenvalue weighted by molar-refractivity contribution is 7.47. The maximum absolute atomic E-state index is 13.1. The van der Waals surface area contributed by atoms with Gasteiger partial charge in [-0.3, -0.25) is 37.3 Å². The molecule has 0 radical (unpaired) electrons. The van der Waals surface area contributed by atoms with Crippen LogP contribution in [0.2, 0.25) is 0 Å². The molecule has 0 aromatic heterocycles. The van der Waals surface area contributed by atoms with Gasteiger partial charge in [0.1, 0.15) is 19.3 Å². The lowest BCUT2D eigenvalue weighted by atomic mass is 10.0. The zero-order valence-corrected chi connectivity index (χ0v) is 67.1. The number of rotatable bonds is 81. The Morgan fingerprint density at radius 2 is 0.460 bits per heavy atom. The van der Waals surface area contributed by atoms with Crippen LogP contribution in [0, 0.1) is 5.92 Å². The van der Waals surface area contributed by atoms with Crippen molar-refractivity contribution in [3.63, 3.8) is 0 Å². The Bertz CT molecular complexity index is 1910. The van der Waals surface area contributed by atoms with E-state index in [1.54, 1.807) is 0 Å². The Morgan fingerprint density at radius 1 is 0.270 bits per heavy atom. The van der Waals surface area contributed by atoms with Crippen molar-refractivity contribution in [3.05, 3.63) is 0 Å². The number of carbonyl (C=O) groups excluding carboxylic acids is 4. The van der Waals surface area contributed by atoms with E-state index in [9.17, 15) is 43.2 Å². The molecular formula is C81H158O17P2. The summed E-state index contributed by atoms with van der Waals surface area (Å²) in [4.78, 5) is 73.1. The highest BCUT2D eigenvalue weighted by Gasteiger charge is 2.30. The molecule has 0 aromatic carbocycles. The van der Waals surface area contributed by atoms with E-state index < -0.39 is 97.5 Å². The summed E-state index contributed by atoms with van der Waals surface area (Å²) in [6.45, 7) is 7.34. The Hall–Kier alpha value is -1.94. The summed E-state index contributed by atoms with van der Waals surface area (Å²) in [5, 5.41) is 10.6. The molecular weight excluding hydrogens is 1310 g/mol. The molecule has 5 atom stereocenters. The maximum Gasteiger partial charge on any atom is 0.472 e. The minimum Gasteiger partial charge on any atom is -0.462 e. The second-order valence-corrected chi connectivity index (χ2v) is 32.5. The third-order valence-electron chi connectivity index (χ3n) is 19.0. The van der Waals surface area contributed by atoms with Gasteiger partial charge in [0.15, 0.2) is 12.2 Å². The van der Waals surface area contributed by atoms with E-state index in [1.807, 2.05) is 0 Å². The van der Waals surface area contributed by atoms with Crippen molar-refractivity contribution >= 4 is 39.5 Å². The number of unbranched alkanes of at least 4 members (excludes halogenated alkanes) is 53. The minimum absolute atomic E-state index is 0.107. The zero-order valence-electron chi connectivity index (χ0n) is 65.3. The van der Waals surface area contributed by atoms with Crippen LogP contribution in [0.25, 0.3) is 0 Å². The fourth-order valence-electron chi connectivity index (χ4n) is 12.6. The molecule has 2 unspecified atom stereocenters. The molecule has 0 rings (SSSR count). The van der Waals surface area contributed by atoms with E-state index in [-0.39, 0.29) is 25.7 Å². The number of phosphoric ester groups is 2. The first-order chi connectivity index (χ1) is 48.5. The molecule has 0 aromatic rings. The molecule has 0 aliphatic carbocycles. The van der Waals surface area contributed by atoms with Crippen LogP contribution in [0.4, 0.5) is 0 Å². The Morgan fingerprint density at radius 3 is 0.680 bits per heavy atom. The molecule has 0 heterocycles. The third kappa shape index (κ3) is 74.3. The zero-order chi connectivity index (χ0) is 73.4. The summed E-state index contributed by atoms with van der Waals surface area (Å²) in [7, 11) is -9.92. The quantitative estimate of drug-likeness (QED) is 0.0222. The monoisotopic (exact) mass is 1470 g/mol. The predicted molar refractivity (Wildman–Crippen MR) is 409 cm³/mol. The summed E-state index contributed by atoms with van der Waals surface area (Å²) in [6.07, 6.45) is 65.1. The topological polar surface area (TPSA) is 237 Å². The van der Waals surface area contributed by atoms with Crippen LogP contribution in [-0.2, 0) is 65.4 Å². The number of aliphatic hydroxyl groups excluding tert-OH is 1. The number of carbonyl (C=O) groups is 4. The van der Waals surface area contributed by atoms with Crippen molar-refractivity contribution in [3.8, 4) is 0 Å². The molecule has 0 spiro atoms. The number of aliphatic hydroxyl groups is 1. The molecule has 0 saturated carbocycles. The molecule has 594 valence electrons. The fraction of sp³-hybridized carbons (Fsp3) is 0.951. The second-order valence-electron chi connectivity index (χ2n) is 29.6. The molecule has 3 N–H and O–H groups in total. The van der Waals surface area contributed by atoms with Crippen LogP contribution >= 0.6 is 15.6 Å². The van der Waals surface area contributed by atoms with Gasteiger partial charge in [-0.2, -0.15) is 0 Å². The Balaban J connectivity index is 5.26. The van der Waals surface area contributed by atoms with Gasteiger partial charge >= 0.3 is 39.5 Å². The largest absolute Gasteiger partial charge is 0.472 e. The van der Waals surface area contributed by atoms with Gasteiger partial charge in [-0.1, -0.05) is 381 Å². The van der Waals surface area contributed by atoms with Gasteiger partial charge < -0.3 is 33.8 Å². The third-order valence-corrected chi connectivity index (χ3v) is 20.9. The van der Waals surface area contributed by atoms with Gasteiger partial charge in [-0.15, -0.1) is 0 Å². The number of hydrogen-bond donors (Lipinski definition) is 3. The summed E-state index contributed by atoms with van der Waals surface area (Å²) >= 11 is 0. The molecule has 0 fully saturated rings. The van der Waals surface area contributed by atoms with Crippen molar-refractivity contribution in [1.82, 2.24) is 0 Å². The molecule has 0 aliphatic rings. The molecule has 0 bridgehead atoms. The standard InChI is InChI=1S/C81H158O17P2/c1-6-9-12-15-18-21-24-27-29-31-33-35-40-45-50-55-60-65-79(84)92-71-76(97-80(85)66-61-56-51-46-41-36-34-32-30-28-25-22-19-16-13-10-7-2)72-95-99(87,88)93-68-75(82)69-94-100(89,90)96-73-77(70-91-78(83)64-59-54-49-44-39-26-23-20-17-14-11-8-3)98-81(86)67-62-57-52-47-42-37-38-43-48-53-58-63-74(4)5/h74-77,82H,6-73H2,1-5H3,(H,87,88)(H,89,90)/t75-,76-,77-/m1/s1. The molecule has 17 nitrogen and oxygen atoms in total. The van der Waals surface area contributed by atoms with E-state index in [0.717, 1.165) is 95.8 Å². The first-order valence-electron chi connectivity index (χ1n) is 42.1. The Kier molecular flexibility index (Phi) is 72.5. The molecule has 0 saturated heterocycles. The fourth-order valence-corrected chi connectivity index (χ4v) is 14.2. The van der Waals surface area contributed by atoms with Crippen LogP contribution in [0.15, 0.2) is 0 Å². The smallest absolute Gasteiger partial charge is 0.462 e. The molecule has 19 heteroatoms. The Labute approximate surface area is 613 Å². The van der Waals surface area contributed by atoms with Crippen molar-refractivity contribution in [2.45, 2.75) is 451 Å². The average molecular weight is 1470 g/mol. The molecule has 0 amide bonds. The number of esters is 4. The highest BCUT2D eigenvalue weighted by Crippen LogP contribution is 2.45. The summed E-state index contributed by atoms with van der Waals surface area (Å²) in [6, 6.07) is 0. The van der Waals surface area contributed by atoms with Crippen molar-refractivity contribution < 1.29 is 80.2 Å². The normalized spacial score (nSPS) is 13.8. The van der Waals surface area contributed by atoms with Gasteiger partial charge in [0.05, 0.1) is 26.4 Å². The summed E-state index contributed by atoms with van der Waals surface area (Å²) in [5.74, 6) is -1.34. The lowest BCUT2D eigenvalue weighted by Crippen LogP contribution is -2.30. The minimum atomic E-state index is -4.96. The van der Waals surface area contributed by atoms with Gasteiger partial charge in [-0.25, -0.2) is 9.13 Å². The lowest BCUT2D eigenvalue weighted by molar-refractivity contribution is -0.161. The van der Waals surface area contributed by atoms with E-state index >= 15 is 0 Å². The van der Waals surface area contributed by atoms with E-state index in [0.29, 0.717) is 25.7 Å². The maximum atomic E-state index is 13.1. The number of hydrogen-bond acceptors (Lipinski definition) is 15. The first kappa shape index (κ1) is 98.1. The van der Waals surface area contributed by atoms with Crippen molar-refractivity contribution in [1.29, 1.82) is 0 Å².